The Morgan fingerprint density at radius 2 is 1.92 bits per heavy atom. The van der Waals surface area contributed by atoms with Crippen molar-refractivity contribution in [3.8, 4) is 5.69 Å². The molecular formula is C20H27N3O2. The largest absolute Gasteiger partial charge is 0.379 e. The molecule has 0 unspecified atom stereocenters. The molecule has 1 aliphatic rings. The van der Waals surface area contributed by atoms with Gasteiger partial charge in [0, 0.05) is 43.3 Å². The molecule has 1 amide bonds. The second-order valence-corrected chi connectivity index (χ2v) is 6.67. The van der Waals surface area contributed by atoms with Crippen molar-refractivity contribution in [2.45, 2.75) is 20.8 Å². The number of carbonyl (C=O) groups is 1. The highest BCUT2D eigenvalue weighted by atomic mass is 16.5. The molecule has 25 heavy (non-hydrogen) atoms. The van der Waals surface area contributed by atoms with E-state index in [4.69, 9.17) is 4.74 Å². The molecule has 0 bridgehead atoms. The van der Waals surface area contributed by atoms with Crippen LogP contribution in [0.4, 0.5) is 0 Å². The van der Waals surface area contributed by atoms with Crippen LogP contribution in [0.3, 0.4) is 0 Å². The van der Waals surface area contributed by atoms with E-state index in [-0.39, 0.29) is 5.91 Å². The van der Waals surface area contributed by atoms with Gasteiger partial charge in [0.2, 0.25) is 0 Å². The minimum Gasteiger partial charge on any atom is -0.379 e. The number of aryl methyl sites for hydroxylation is 2. The van der Waals surface area contributed by atoms with Crippen molar-refractivity contribution >= 4 is 5.91 Å². The lowest BCUT2D eigenvalue weighted by Crippen LogP contribution is -2.41. The van der Waals surface area contributed by atoms with E-state index >= 15 is 0 Å². The predicted molar refractivity (Wildman–Crippen MR) is 99.6 cm³/mol. The van der Waals surface area contributed by atoms with E-state index in [9.17, 15) is 4.79 Å². The summed E-state index contributed by atoms with van der Waals surface area (Å²) < 4.78 is 7.49. The third-order valence-electron chi connectivity index (χ3n) is 4.75. The second-order valence-electron chi connectivity index (χ2n) is 6.67. The molecule has 1 aliphatic heterocycles. The van der Waals surface area contributed by atoms with Crippen LogP contribution in [0, 0.1) is 20.8 Å². The quantitative estimate of drug-likeness (QED) is 0.909. The minimum atomic E-state index is 0.000243. The van der Waals surface area contributed by atoms with E-state index in [0.717, 1.165) is 55.5 Å². The molecule has 3 rings (SSSR count). The van der Waals surface area contributed by atoms with Crippen molar-refractivity contribution in [2.75, 3.05) is 39.4 Å². The van der Waals surface area contributed by atoms with Crippen LogP contribution in [0.15, 0.2) is 30.3 Å². The SMILES string of the molecule is Cc1cccc(-n2c(C)cc(C(=O)NCCN3CCOCC3)c2C)c1. The van der Waals surface area contributed by atoms with Gasteiger partial charge in [-0.25, -0.2) is 0 Å². The van der Waals surface area contributed by atoms with Gasteiger partial charge in [-0.1, -0.05) is 12.1 Å². The Bertz CT molecular complexity index is 745. The Labute approximate surface area is 149 Å². The topological polar surface area (TPSA) is 46.5 Å². The van der Waals surface area contributed by atoms with E-state index < -0.39 is 0 Å². The monoisotopic (exact) mass is 341 g/mol. The zero-order valence-electron chi connectivity index (χ0n) is 15.3. The van der Waals surface area contributed by atoms with E-state index in [1.807, 2.05) is 26.0 Å². The fourth-order valence-corrected chi connectivity index (χ4v) is 3.40. The summed E-state index contributed by atoms with van der Waals surface area (Å²) in [5.41, 5.74) is 5.11. The molecule has 2 aromatic rings. The van der Waals surface area contributed by atoms with Gasteiger partial charge in [-0.2, -0.15) is 0 Å². The summed E-state index contributed by atoms with van der Waals surface area (Å²) in [4.78, 5) is 14.9. The number of hydrogen-bond acceptors (Lipinski definition) is 3. The Morgan fingerprint density at radius 1 is 1.16 bits per heavy atom. The summed E-state index contributed by atoms with van der Waals surface area (Å²) >= 11 is 0. The van der Waals surface area contributed by atoms with Gasteiger partial charge in [0.1, 0.15) is 0 Å². The number of ether oxygens (including phenoxy) is 1. The maximum atomic E-state index is 12.6. The molecule has 0 radical (unpaired) electrons. The van der Waals surface area contributed by atoms with Crippen LogP contribution in [-0.4, -0.2) is 54.8 Å². The minimum absolute atomic E-state index is 0.000243. The third kappa shape index (κ3) is 4.11. The summed E-state index contributed by atoms with van der Waals surface area (Å²) in [6.45, 7) is 11.1. The molecule has 1 aromatic heterocycles. The highest BCUT2D eigenvalue weighted by Crippen LogP contribution is 2.21. The molecule has 2 heterocycles. The predicted octanol–water partition coefficient (Wildman–Crippen LogP) is 2.46. The maximum absolute atomic E-state index is 12.6. The highest BCUT2D eigenvalue weighted by molar-refractivity contribution is 5.95. The molecule has 0 saturated carbocycles. The maximum Gasteiger partial charge on any atom is 0.253 e. The lowest BCUT2D eigenvalue weighted by atomic mass is 10.2. The molecule has 5 heteroatoms. The van der Waals surface area contributed by atoms with Gasteiger partial charge in [0.05, 0.1) is 18.8 Å². The smallest absolute Gasteiger partial charge is 0.253 e. The fourth-order valence-electron chi connectivity index (χ4n) is 3.40. The van der Waals surface area contributed by atoms with Crippen molar-refractivity contribution in [3.63, 3.8) is 0 Å². The van der Waals surface area contributed by atoms with Crippen molar-refractivity contribution < 1.29 is 9.53 Å². The van der Waals surface area contributed by atoms with Gasteiger partial charge in [-0.3, -0.25) is 9.69 Å². The Morgan fingerprint density at radius 3 is 2.64 bits per heavy atom. The van der Waals surface area contributed by atoms with Crippen molar-refractivity contribution in [3.05, 3.63) is 52.8 Å². The van der Waals surface area contributed by atoms with Crippen LogP contribution in [-0.2, 0) is 4.74 Å². The average molecular weight is 341 g/mol. The molecule has 1 aromatic carbocycles. The first-order valence-electron chi connectivity index (χ1n) is 8.90. The Kier molecular flexibility index (Phi) is 5.56. The number of rotatable bonds is 5. The van der Waals surface area contributed by atoms with Crippen LogP contribution in [0.2, 0.25) is 0 Å². The van der Waals surface area contributed by atoms with Crippen LogP contribution in [0.1, 0.15) is 27.3 Å². The first-order valence-corrected chi connectivity index (χ1v) is 8.90. The molecule has 0 aliphatic carbocycles. The van der Waals surface area contributed by atoms with Gasteiger partial charge in [0.25, 0.3) is 5.91 Å². The summed E-state index contributed by atoms with van der Waals surface area (Å²) in [6, 6.07) is 10.3. The van der Waals surface area contributed by atoms with Gasteiger partial charge < -0.3 is 14.6 Å². The van der Waals surface area contributed by atoms with Gasteiger partial charge in [0.15, 0.2) is 0 Å². The number of carbonyl (C=O) groups excluding carboxylic acids is 1. The zero-order valence-corrected chi connectivity index (χ0v) is 15.3. The molecule has 134 valence electrons. The van der Waals surface area contributed by atoms with Crippen LogP contribution < -0.4 is 5.32 Å². The molecule has 1 saturated heterocycles. The number of morpholine rings is 1. The number of hydrogen-bond donors (Lipinski definition) is 1. The summed E-state index contributed by atoms with van der Waals surface area (Å²) in [5, 5.41) is 3.06. The summed E-state index contributed by atoms with van der Waals surface area (Å²) in [6.07, 6.45) is 0. The van der Waals surface area contributed by atoms with E-state index in [1.165, 1.54) is 5.56 Å². The summed E-state index contributed by atoms with van der Waals surface area (Å²) in [5.74, 6) is 0.000243. The number of nitrogens with zero attached hydrogens (tertiary/aromatic N) is 2. The highest BCUT2D eigenvalue weighted by Gasteiger charge is 2.17. The Balaban J connectivity index is 1.68. The molecule has 5 nitrogen and oxygen atoms in total. The zero-order chi connectivity index (χ0) is 17.8. The van der Waals surface area contributed by atoms with Crippen LogP contribution in [0.5, 0.6) is 0 Å². The number of benzene rings is 1. The molecule has 1 fully saturated rings. The standard InChI is InChI=1S/C20H27N3O2/c1-15-5-4-6-18(13-15)23-16(2)14-19(17(23)3)20(24)21-7-8-22-9-11-25-12-10-22/h4-6,13-14H,7-12H2,1-3H3,(H,21,24). The summed E-state index contributed by atoms with van der Waals surface area (Å²) in [7, 11) is 0. The molecule has 1 N–H and O–H groups in total. The van der Waals surface area contributed by atoms with Gasteiger partial charge in [-0.15, -0.1) is 0 Å². The number of nitrogens with one attached hydrogen (secondary N) is 1. The average Bonchev–Trinajstić information content (AvgIpc) is 2.90. The van der Waals surface area contributed by atoms with Crippen LogP contribution >= 0.6 is 0 Å². The van der Waals surface area contributed by atoms with Crippen molar-refractivity contribution in [1.82, 2.24) is 14.8 Å². The van der Waals surface area contributed by atoms with E-state index in [2.05, 4.69) is 39.9 Å². The number of amides is 1. The molecule has 0 spiro atoms. The number of aromatic nitrogens is 1. The first-order chi connectivity index (χ1) is 12.1. The van der Waals surface area contributed by atoms with Crippen molar-refractivity contribution in [1.29, 1.82) is 0 Å². The Hall–Kier alpha value is -2.11. The fraction of sp³-hybridized carbons (Fsp3) is 0.450. The van der Waals surface area contributed by atoms with E-state index in [1.54, 1.807) is 0 Å². The van der Waals surface area contributed by atoms with Crippen molar-refractivity contribution in [2.24, 2.45) is 0 Å². The van der Waals surface area contributed by atoms with Gasteiger partial charge in [-0.05, 0) is 44.5 Å². The lowest BCUT2D eigenvalue weighted by molar-refractivity contribution is 0.0383. The van der Waals surface area contributed by atoms with Gasteiger partial charge >= 0.3 is 0 Å². The second kappa shape index (κ2) is 7.85. The lowest BCUT2D eigenvalue weighted by Gasteiger charge is -2.26. The molecular weight excluding hydrogens is 314 g/mol. The normalized spacial score (nSPS) is 15.3. The first kappa shape index (κ1) is 17.7. The third-order valence-corrected chi connectivity index (χ3v) is 4.75. The molecule has 0 atom stereocenters. The van der Waals surface area contributed by atoms with Crippen LogP contribution in [0.25, 0.3) is 5.69 Å². The van der Waals surface area contributed by atoms with E-state index in [0.29, 0.717) is 6.54 Å².